The lowest BCUT2D eigenvalue weighted by atomic mass is 9.84. The monoisotopic (exact) mass is 559 g/mol. The Bertz CT molecular complexity index is 1210. The van der Waals surface area contributed by atoms with Crippen molar-refractivity contribution in [2.45, 2.75) is 55.1 Å². The number of β-lactam (4-membered cyclic amide) rings is 1. The predicted molar refractivity (Wildman–Crippen MR) is 159 cm³/mol. The minimum atomic E-state index is -2.34. The van der Waals surface area contributed by atoms with Gasteiger partial charge in [-0.15, -0.1) is 11.8 Å². The number of amides is 1. The van der Waals surface area contributed by atoms with E-state index in [1.165, 1.54) is 0 Å². The molecule has 0 N–H and O–H groups in total. The van der Waals surface area contributed by atoms with Crippen LogP contribution in [0.2, 0.25) is 18.1 Å². The molecule has 0 bridgehead atoms. The van der Waals surface area contributed by atoms with E-state index in [1.54, 1.807) is 11.8 Å². The van der Waals surface area contributed by atoms with Gasteiger partial charge >= 0.3 is 0 Å². The fourth-order valence-corrected chi connectivity index (χ4v) is 10.3. The third kappa shape index (κ3) is 4.80. The van der Waals surface area contributed by atoms with Gasteiger partial charge in [0.2, 0.25) is 5.91 Å². The topological polar surface area (TPSA) is 55.8 Å². The van der Waals surface area contributed by atoms with Gasteiger partial charge in [-0.25, -0.2) is 0 Å². The number of ether oxygens (including phenoxy) is 2. The summed E-state index contributed by atoms with van der Waals surface area (Å²) in [5.41, 5.74) is 3.32. The van der Waals surface area contributed by atoms with Crippen molar-refractivity contribution in [2.75, 3.05) is 13.4 Å². The predicted octanol–water partition coefficient (Wildman–Crippen LogP) is 6.44. The number of benzene rings is 3. The number of carbonyl (C=O) groups excluding carboxylic acids is 2. The van der Waals surface area contributed by atoms with Gasteiger partial charge in [-0.3, -0.25) is 9.59 Å². The quantitative estimate of drug-likeness (QED) is 0.138. The first kappa shape index (κ1) is 27.8. The Hall–Kier alpha value is -2.71. The average molecular weight is 560 g/mol. The van der Waals surface area contributed by atoms with Gasteiger partial charge in [0.05, 0.1) is 16.7 Å². The van der Waals surface area contributed by atoms with Gasteiger partial charge in [0.25, 0.3) is 0 Å². The van der Waals surface area contributed by atoms with E-state index in [4.69, 9.17) is 9.47 Å². The molecule has 39 heavy (non-hydrogen) atoms. The summed E-state index contributed by atoms with van der Waals surface area (Å²) in [6, 6.07) is 31.3. The number of hydrogen-bond donors (Lipinski definition) is 0. The second-order valence-corrected chi connectivity index (χ2v) is 18.3. The summed E-state index contributed by atoms with van der Waals surface area (Å²) in [6.07, 6.45) is -0.705. The van der Waals surface area contributed by atoms with Crippen LogP contribution in [-0.2, 0) is 23.8 Å². The van der Waals surface area contributed by atoms with Gasteiger partial charge in [0.1, 0.15) is 18.8 Å². The zero-order chi connectivity index (χ0) is 27.8. The number of ketones is 1. The standard InChI is InChI=1S/C32H37NO4SSi/c1-31(2,3)39(4,5)33-29(35)27(28(34)26-21-36-22-37-26)30(33)38-32(23-15-9-6-10-16-23,24-17-11-7-12-18-24)25-19-13-8-14-20-25/h6-20,26-27,30H,21-22H2,1-5H3/t26-,27+,30-/m1/s1. The molecule has 0 unspecified atom stereocenters. The molecule has 2 aliphatic heterocycles. The lowest BCUT2D eigenvalue weighted by Gasteiger charge is -2.59. The molecule has 1 amide bonds. The van der Waals surface area contributed by atoms with E-state index >= 15 is 0 Å². The first-order valence-corrected chi connectivity index (χ1v) is 17.3. The first-order chi connectivity index (χ1) is 18.6. The highest BCUT2D eigenvalue weighted by molar-refractivity contribution is 8.01. The first-order valence-electron chi connectivity index (χ1n) is 13.5. The Balaban J connectivity index is 1.71. The lowest BCUT2D eigenvalue weighted by molar-refractivity contribution is -0.153. The summed E-state index contributed by atoms with van der Waals surface area (Å²) in [7, 11) is -2.34. The van der Waals surface area contributed by atoms with Crippen LogP contribution in [-0.4, -0.2) is 49.4 Å². The lowest BCUT2D eigenvalue weighted by Crippen LogP contribution is -2.74. The molecule has 2 heterocycles. The van der Waals surface area contributed by atoms with Crippen LogP contribution in [0, 0.1) is 5.92 Å². The molecule has 0 aromatic heterocycles. The third-order valence-corrected chi connectivity index (χ3v) is 15.9. The molecule has 5 nitrogen and oxygen atoms in total. The zero-order valence-corrected chi connectivity index (χ0v) is 25.1. The molecule has 5 rings (SSSR count). The molecule has 3 atom stereocenters. The highest BCUT2D eigenvalue weighted by Gasteiger charge is 2.63. The van der Waals surface area contributed by atoms with E-state index in [1.807, 2.05) is 18.2 Å². The Morgan fingerprint density at radius 2 is 1.31 bits per heavy atom. The minimum absolute atomic E-state index is 0.0809. The number of carbonyl (C=O) groups is 2. The van der Waals surface area contributed by atoms with Crippen molar-refractivity contribution in [1.82, 2.24) is 4.57 Å². The van der Waals surface area contributed by atoms with Crippen LogP contribution in [0.5, 0.6) is 0 Å². The van der Waals surface area contributed by atoms with Gasteiger partial charge < -0.3 is 14.0 Å². The summed E-state index contributed by atoms with van der Waals surface area (Å²) in [6.45, 7) is 11.4. The summed E-state index contributed by atoms with van der Waals surface area (Å²) in [4.78, 5) is 27.8. The fraction of sp³-hybridized carbons (Fsp3) is 0.375. The van der Waals surface area contributed by atoms with E-state index in [9.17, 15) is 9.59 Å². The molecule has 0 aliphatic carbocycles. The summed E-state index contributed by atoms with van der Waals surface area (Å²) in [5, 5.41) is -0.437. The molecular weight excluding hydrogens is 523 g/mol. The Morgan fingerprint density at radius 3 is 1.69 bits per heavy atom. The Kier molecular flexibility index (Phi) is 7.63. The van der Waals surface area contributed by atoms with Gasteiger partial charge in [0, 0.05) is 0 Å². The van der Waals surface area contributed by atoms with Gasteiger partial charge in [-0.05, 0) is 21.7 Å². The fourth-order valence-electron chi connectivity index (χ4n) is 5.40. The van der Waals surface area contributed by atoms with Crippen molar-refractivity contribution >= 4 is 31.7 Å². The number of Topliss-reactive ketones (excluding diaryl/α,β-unsaturated/α-hetero) is 1. The van der Waals surface area contributed by atoms with Gasteiger partial charge in [-0.1, -0.05) is 125 Å². The van der Waals surface area contributed by atoms with Crippen LogP contribution >= 0.6 is 11.8 Å². The van der Waals surface area contributed by atoms with Crippen molar-refractivity contribution in [3.05, 3.63) is 108 Å². The molecular formula is C32H37NO4SSi. The van der Waals surface area contributed by atoms with Crippen molar-refractivity contribution in [3.63, 3.8) is 0 Å². The third-order valence-electron chi connectivity index (χ3n) is 8.56. The van der Waals surface area contributed by atoms with E-state index < -0.39 is 25.0 Å². The van der Waals surface area contributed by atoms with Crippen molar-refractivity contribution in [2.24, 2.45) is 5.92 Å². The molecule has 2 fully saturated rings. The van der Waals surface area contributed by atoms with Gasteiger partial charge in [0.15, 0.2) is 14.0 Å². The van der Waals surface area contributed by atoms with E-state index in [2.05, 4.69) is 111 Å². The summed E-state index contributed by atoms with van der Waals surface area (Å²) >= 11 is 1.71. The van der Waals surface area contributed by atoms with Gasteiger partial charge in [-0.2, -0.15) is 0 Å². The molecule has 3 aromatic carbocycles. The minimum Gasteiger partial charge on any atom is -0.356 e. The van der Waals surface area contributed by atoms with Crippen LogP contribution < -0.4 is 0 Å². The highest BCUT2D eigenvalue weighted by atomic mass is 32.2. The normalized spacial score (nSPS) is 22.0. The van der Waals surface area contributed by atoms with E-state index in [0.717, 1.165) is 16.7 Å². The van der Waals surface area contributed by atoms with Crippen LogP contribution in [0.1, 0.15) is 37.5 Å². The maximum atomic E-state index is 14.0. The molecule has 0 radical (unpaired) electrons. The van der Waals surface area contributed by atoms with Crippen molar-refractivity contribution in [3.8, 4) is 0 Å². The summed E-state index contributed by atoms with van der Waals surface area (Å²) < 4.78 is 12.4. The van der Waals surface area contributed by atoms with E-state index in [0.29, 0.717) is 0 Å². The second-order valence-electron chi connectivity index (χ2n) is 11.8. The van der Waals surface area contributed by atoms with E-state index in [-0.39, 0.29) is 35.5 Å². The number of hydrogen-bond acceptors (Lipinski definition) is 5. The second kappa shape index (κ2) is 10.7. The maximum Gasteiger partial charge on any atom is 0.229 e. The Labute approximate surface area is 237 Å². The molecule has 2 saturated heterocycles. The molecule has 204 valence electrons. The Morgan fingerprint density at radius 1 is 0.846 bits per heavy atom. The molecule has 0 spiro atoms. The molecule has 0 saturated carbocycles. The van der Waals surface area contributed by atoms with Crippen LogP contribution in [0.15, 0.2) is 91.0 Å². The number of rotatable bonds is 8. The molecule has 3 aromatic rings. The molecule has 2 aliphatic rings. The molecule has 7 heteroatoms. The SMILES string of the molecule is CC(C)(C)[Si](C)(C)N1C(=O)[C@H](C(=O)[C@H]2COCO2)[C@H]1SC(c1ccccc1)(c1ccccc1)c1ccccc1. The van der Waals surface area contributed by atoms with Crippen LogP contribution in [0.25, 0.3) is 0 Å². The average Bonchev–Trinajstić information content (AvgIpc) is 3.47. The maximum absolute atomic E-state index is 14.0. The highest BCUT2D eigenvalue weighted by Crippen LogP contribution is 2.57. The largest absolute Gasteiger partial charge is 0.356 e. The zero-order valence-electron chi connectivity index (χ0n) is 23.3. The van der Waals surface area contributed by atoms with Crippen molar-refractivity contribution < 1.29 is 19.1 Å². The number of nitrogens with zero attached hydrogens (tertiary/aromatic N) is 1. The smallest absolute Gasteiger partial charge is 0.229 e. The van der Waals surface area contributed by atoms with Crippen LogP contribution in [0.3, 0.4) is 0 Å². The number of thioether (sulfide) groups is 1. The van der Waals surface area contributed by atoms with Crippen molar-refractivity contribution in [1.29, 1.82) is 0 Å². The van der Waals surface area contributed by atoms with Crippen LogP contribution in [0.4, 0.5) is 0 Å². The summed E-state index contributed by atoms with van der Waals surface area (Å²) in [5.74, 6) is -1.04.